The second-order valence-electron chi connectivity index (χ2n) is 5.70. The van der Waals surface area contributed by atoms with Crippen LogP contribution in [0.5, 0.6) is 0 Å². The molecular weight excluding hydrogens is 320 g/mol. The Morgan fingerprint density at radius 1 is 1.59 bits per heavy atom. The summed E-state index contributed by atoms with van der Waals surface area (Å²) in [6.07, 6.45) is 3.59. The van der Waals surface area contributed by atoms with Crippen LogP contribution in [0, 0.1) is 4.77 Å². The molecule has 2 aromatic rings. The molecule has 2 aromatic heterocycles. The highest BCUT2D eigenvalue weighted by atomic mass is 32.1. The Bertz CT molecular complexity index is 736. The van der Waals surface area contributed by atoms with Crippen molar-refractivity contribution in [3.05, 3.63) is 22.3 Å². The number of H-pyrrole nitrogens is 1. The Morgan fingerprint density at radius 2 is 2.50 bits per heavy atom. The lowest BCUT2D eigenvalue weighted by molar-refractivity contribution is -0.122. The fraction of sp³-hybridized carbons (Fsp3) is 0.500. The number of ether oxygens (including phenoxy) is 1. The molecule has 0 spiro atoms. The predicted octanol–water partition coefficient (Wildman–Crippen LogP) is 2.11. The van der Waals surface area contributed by atoms with Crippen LogP contribution >= 0.6 is 23.6 Å². The van der Waals surface area contributed by atoms with Crippen LogP contribution < -0.4 is 5.32 Å². The second-order valence-corrected chi connectivity index (χ2v) is 7.03. The number of aromatic amines is 1. The van der Waals surface area contributed by atoms with Crippen molar-refractivity contribution in [3.63, 3.8) is 0 Å². The van der Waals surface area contributed by atoms with Gasteiger partial charge in [-0.25, -0.2) is 0 Å². The predicted molar refractivity (Wildman–Crippen MR) is 85.2 cm³/mol. The van der Waals surface area contributed by atoms with Crippen LogP contribution in [0.1, 0.15) is 19.3 Å². The van der Waals surface area contributed by atoms with E-state index in [1.807, 2.05) is 17.5 Å². The van der Waals surface area contributed by atoms with Gasteiger partial charge in [0.1, 0.15) is 6.54 Å². The van der Waals surface area contributed by atoms with Gasteiger partial charge in [-0.05, 0) is 42.9 Å². The number of carbonyl (C=O) groups excluding carboxylic acids is 1. The van der Waals surface area contributed by atoms with Crippen molar-refractivity contribution in [2.45, 2.75) is 44.1 Å². The summed E-state index contributed by atoms with van der Waals surface area (Å²) in [7, 11) is 0. The first-order chi connectivity index (χ1) is 10.7. The van der Waals surface area contributed by atoms with Crippen LogP contribution in [0.4, 0.5) is 0 Å². The molecule has 2 aliphatic rings. The summed E-state index contributed by atoms with van der Waals surface area (Å²) in [5.41, 5.74) is 0. The van der Waals surface area contributed by atoms with Gasteiger partial charge in [-0.15, -0.1) is 11.3 Å². The van der Waals surface area contributed by atoms with Gasteiger partial charge in [0, 0.05) is 0 Å². The maximum Gasteiger partial charge on any atom is 0.240 e. The molecule has 3 atom stereocenters. The normalized spacial score (nSPS) is 26.5. The molecule has 2 saturated heterocycles. The number of thiophene rings is 1. The summed E-state index contributed by atoms with van der Waals surface area (Å²) in [5.74, 6) is 0.663. The molecule has 22 heavy (non-hydrogen) atoms. The third-order valence-corrected chi connectivity index (χ3v) is 5.43. The first-order valence-electron chi connectivity index (χ1n) is 7.34. The van der Waals surface area contributed by atoms with E-state index in [0.717, 1.165) is 24.1 Å². The summed E-state index contributed by atoms with van der Waals surface area (Å²) in [6.45, 7) is 0.177. The zero-order valence-electron chi connectivity index (χ0n) is 11.8. The molecule has 0 saturated carbocycles. The summed E-state index contributed by atoms with van der Waals surface area (Å²) in [6, 6.07) is 4.06. The minimum atomic E-state index is -0.0449. The molecule has 2 fully saturated rings. The molecule has 2 N–H and O–H groups in total. The first kappa shape index (κ1) is 14.1. The number of nitrogens with zero attached hydrogens (tertiary/aromatic N) is 2. The monoisotopic (exact) mass is 336 g/mol. The van der Waals surface area contributed by atoms with E-state index in [4.69, 9.17) is 17.0 Å². The fourth-order valence-electron chi connectivity index (χ4n) is 3.24. The van der Waals surface area contributed by atoms with Crippen LogP contribution in [-0.2, 0) is 16.1 Å². The van der Waals surface area contributed by atoms with E-state index in [1.165, 1.54) is 0 Å². The van der Waals surface area contributed by atoms with Crippen molar-refractivity contribution in [1.29, 1.82) is 0 Å². The molecule has 116 valence electrons. The number of carbonyl (C=O) groups is 1. The highest BCUT2D eigenvalue weighted by Crippen LogP contribution is 2.34. The molecule has 8 heteroatoms. The lowest BCUT2D eigenvalue weighted by Crippen LogP contribution is -2.42. The largest absolute Gasteiger partial charge is 0.373 e. The first-order valence-corrected chi connectivity index (χ1v) is 8.63. The van der Waals surface area contributed by atoms with E-state index in [-0.39, 0.29) is 24.6 Å². The van der Waals surface area contributed by atoms with Gasteiger partial charge in [0.25, 0.3) is 0 Å². The quantitative estimate of drug-likeness (QED) is 0.839. The molecule has 0 aromatic carbocycles. The zero-order valence-corrected chi connectivity index (χ0v) is 13.5. The van der Waals surface area contributed by atoms with E-state index in [1.54, 1.807) is 15.9 Å². The standard InChI is InChI=1S/C14H16N4O2S2/c19-12(15-9-6-8-3-4-10(9)20-8)7-18-13(16-17-14(18)21)11-2-1-5-22-11/h1-2,5,8-10H,3-4,6-7H2,(H,15,19)(H,17,21)/t8-,9-,10-/m1/s1. The van der Waals surface area contributed by atoms with E-state index in [9.17, 15) is 4.79 Å². The van der Waals surface area contributed by atoms with Crippen molar-refractivity contribution in [1.82, 2.24) is 20.1 Å². The van der Waals surface area contributed by atoms with Gasteiger partial charge < -0.3 is 10.1 Å². The van der Waals surface area contributed by atoms with Crippen molar-refractivity contribution in [2.75, 3.05) is 0 Å². The van der Waals surface area contributed by atoms with Crippen molar-refractivity contribution < 1.29 is 9.53 Å². The van der Waals surface area contributed by atoms with Crippen molar-refractivity contribution >= 4 is 29.5 Å². The highest BCUT2D eigenvalue weighted by Gasteiger charge is 2.41. The molecule has 4 rings (SSSR count). The Morgan fingerprint density at radius 3 is 3.18 bits per heavy atom. The number of rotatable bonds is 4. The molecule has 1 amide bonds. The highest BCUT2D eigenvalue weighted by molar-refractivity contribution is 7.71. The Hall–Kier alpha value is -1.51. The molecule has 6 nitrogen and oxygen atoms in total. The third-order valence-electron chi connectivity index (χ3n) is 4.25. The summed E-state index contributed by atoms with van der Waals surface area (Å²) < 4.78 is 7.97. The van der Waals surface area contributed by atoms with Crippen LogP contribution in [0.25, 0.3) is 10.7 Å². The van der Waals surface area contributed by atoms with Crippen LogP contribution in [-0.4, -0.2) is 38.9 Å². The molecule has 2 aliphatic heterocycles. The van der Waals surface area contributed by atoms with Crippen LogP contribution in [0.3, 0.4) is 0 Å². The van der Waals surface area contributed by atoms with Gasteiger partial charge >= 0.3 is 0 Å². The number of amides is 1. The van der Waals surface area contributed by atoms with Gasteiger partial charge in [-0.2, -0.15) is 5.10 Å². The molecule has 0 radical (unpaired) electrons. The number of nitrogens with one attached hydrogen (secondary N) is 2. The second kappa shape index (κ2) is 5.60. The smallest absolute Gasteiger partial charge is 0.240 e. The van der Waals surface area contributed by atoms with E-state index in [0.29, 0.717) is 16.7 Å². The summed E-state index contributed by atoms with van der Waals surface area (Å²) in [4.78, 5) is 13.3. The minimum Gasteiger partial charge on any atom is -0.373 e. The number of hydrogen-bond acceptors (Lipinski definition) is 5. The van der Waals surface area contributed by atoms with E-state index < -0.39 is 0 Å². The topological polar surface area (TPSA) is 71.9 Å². The van der Waals surface area contributed by atoms with Crippen molar-refractivity contribution in [2.24, 2.45) is 0 Å². The van der Waals surface area contributed by atoms with Gasteiger partial charge in [0.05, 0.1) is 23.1 Å². The SMILES string of the molecule is O=C(Cn1c(-c2cccs2)n[nH]c1=S)N[C@@H]1C[C@H]2CC[C@H]1O2. The Kier molecular flexibility index (Phi) is 3.59. The Labute approximate surface area is 136 Å². The van der Waals surface area contributed by atoms with Gasteiger partial charge in [-0.1, -0.05) is 6.07 Å². The lowest BCUT2D eigenvalue weighted by atomic mass is 9.95. The lowest BCUT2D eigenvalue weighted by Gasteiger charge is -2.20. The van der Waals surface area contributed by atoms with Gasteiger partial charge in [0.2, 0.25) is 5.91 Å². The third kappa shape index (κ3) is 2.51. The average molecular weight is 336 g/mol. The van der Waals surface area contributed by atoms with Crippen LogP contribution in [0.15, 0.2) is 17.5 Å². The Balaban J connectivity index is 1.48. The molecule has 2 bridgehead atoms. The molecular formula is C14H16N4O2S2. The fourth-order valence-corrected chi connectivity index (χ4v) is 4.16. The summed E-state index contributed by atoms with van der Waals surface area (Å²) in [5, 5.41) is 12.1. The molecule has 0 aliphatic carbocycles. The van der Waals surface area contributed by atoms with Crippen LogP contribution in [0.2, 0.25) is 0 Å². The number of aromatic nitrogens is 3. The summed E-state index contributed by atoms with van der Waals surface area (Å²) >= 11 is 6.82. The van der Waals surface area contributed by atoms with E-state index in [2.05, 4.69) is 15.5 Å². The number of hydrogen-bond donors (Lipinski definition) is 2. The maximum atomic E-state index is 12.3. The average Bonchev–Trinajstić information content (AvgIpc) is 3.24. The van der Waals surface area contributed by atoms with Gasteiger partial charge in [0.15, 0.2) is 10.6 Å². The van der Waals surface area contributed by atoms with E-state index >= 15 is 0 Å². The van der Waals surface area contributed by atoms with Crippen molar-refractivity contribution in [3.8, 4) is 10.7 Å². The molecule has 4 heterocycles. The maximum absolute atomic E-state index is 12.3. The minimum absolute atomic E-state index is 0.0449. The molecule has 0 unspecified atom stereocenters. The zero-order chi connectivity index (χ0) is 15.1. The number of fused-ring (bicyclic) bond motifs is 2. The van der Waals surface area contributed by atoms with Gasteiger partial charge in [-0.3, -0.25) is 14.5 Å².